The Morgan fingerprint density at radius 3 is 2.67 bits per heavy atom. The van der Waals surface area contributed by atoms with Crippen molar-refractivity contribution < 1.29 is 9.21 Å². The lowest BCUT2D eigenvalue weighted by Crippen LogP contribution is -2.35. The Hall–Kier alpha value is -2.03. The summed E-state index contributed by atoms with van der Waals surface area (Å²) < 4.78 is 5.53. The Balaban J connectivity index is 1.81. The molecule has 1 amide bonds. The molecular formula is C15H15NO2. The lowest BCUT2D eigenvalue weighted by Gasteiger charge is -2.28. The minimum absolute atomic E-state index is 0.169. The summed E-state index contributed by atoms with van der Waals surface area (Å²) in [7, 11) is 0. The topological polar surface area (TPSA) is 33.5 Å². The van der Waals surface area contributed by atoms with Crippen molar-refractivity contribution in [3.63, 3.8) is 0 Å². The van der Waals surface area contributed by atoms with Gasteiger partial charge in [0.1, 0.15) is 11.5 Å². The van der Waals surface area contributed by atoms with Gasteiger partial charge < -0.3 is 9.32 Å². The highest BCUT2D eigenvalue weighted by Crippen LogP contribution is 2.21. The third kappa shape index (κ3) is 2.04. The maximum absolute atomic E-state index is 12.1. The van der Waals surface area contributed by atoms with Crippen LogP contribution >= 0.6 is 0 Å². The van der Waals surface area contributed by atoms with Gasteiger partial charge in [0.2, 0.25) is 5.91 Å². The molecule has 18 heavy (non-hydrogen) atoms. The van der Waals surface area contributed by atoms with Crippen LogP contribution in [0.5, 0.6) is 0 Å². The molecule has 1 aromatic heterocycles. The monoisotopic (exact) mass is 241 g/mol. The van der Waals surface area contributed by atoms with E-state index in [9.17, 15) is 4.79 Å². The van der Waals surface area contributed by atoms with Crippen LogP contribution in [0.1, 0.15) is 22.6 Å². The first kappa shape index (κ1) is 11.1. The average Bonchev–Trinajstić information content (AvgIpc) is 2.76. The van der Waals surface area contributed by atoms with Gasteiger partial charge in [0, 0.05) is 6.54 Å². The van der Waals surface area contributed by atoms with Crippen LogP contribution in [-0.4, -0.2) is 10.8 Å². The third-order valence-corrected chi connectivity index (χ3v) is 3.32. The Morgan fingerprint density at radius 2 is 1.94 bits per heavy atom. The number of benzene rings is 1. The van der Waals surface area contributed by atoms with Crippen LogP contribution in [0.2, 0.25) is 0 Å². The summed E-state index contributed by atoms with van der Waals surface area (Å²) in [6.45, 7) is 3.15. The summed E-state index contributed by atoms with van der Waals surface area (Å²) in [5.74, 6) is 1.90. The number of furan rings is 1. The lowest BCUT2D eigenvalue weighted by atomic mass is 9.99. The average molecular weight is 241 g/mol. The molecule has 0 radical (unpaired) electrons. The fourth-order valence-electron chi connectivity index (χ4n) is 2.36. The largest absolute Gasteiger partial charge is 0.464 e. The number of hydrogen-bond donors (Lipinski definition) is 0. The fraction of sp³-hybridized carbons (Fsp3) is 0.267. The van der Waals surface area contributed by atoms with Gasteiger partial charge in [0.05, 0.1) is 13.0 Å². The molecule has 3 rings (SSSR count). The van der Waals surface area contributed by atoms with Crippen molar-refractivity contribution in [2.24, 2.45) is 0 Å². The minimum Gasteiger partial charge on any atom is -0.464 e. The first-order valence-corrected chi connectivity index (χ1v) is 6.12. The normalized spacial score (nSPS) is 14.7. The number of rotatable bonds is 2. The molecule has 92 valence electrons. The maximum atomic E-state index is 12.1. The van der Waals surface area contributed by atoms with Gasteiger partial charge in [-0.25, -0.2) is 0 Å². The number of fused-ring (bicyclic) bond motifs is 1. The van der Waals surface area contributed by atoms with E-state index in [4.69, 9.17) is 4.42 Å². The van der Waals surface area contributed by atoms with Crippen LogP contribution in [0.25, 0.3) is 0 Å². The van der Waals surface area contributed by atoms with E-state index in [-0.39, 0.29) is 5.91 Å². The van der Waals surface area contributed by atoms with Gasteiger partial charge in [-0.05, 0) is 30.2 Å². The quantitative estimate of drug-likeness (QED) is 0.810. The summed E-state index contributed by atoms with van der Waals surface area (Å²) in [4.78, 5) is 13.9. The molecule has 2 heterocycles. The Morgan fingerprint density at radius 1 is 1.17 bits per heavy atom. The fourth-order valence-corrected chi connectivity index (χ4v) is 2.36. The van der Waals surface area contributed by atoms with Gasteiger partial charge >= 0.3 is 0 Å². The van der Waals surface area contributed by atoms with Crippen molar-refractivity contribution in [2.75, 3.05) is 0 Å². The molecule has 0 spiro atoms. The molecule has 0 bridgehead atoms. The zero-order valence-corrected chi connectivity index (χ0v) is 10.3. The van der Waals surface area contributed by atoms with Crippen LogP contribution in [0, 0.1) is 6.92 Å². The molecule has 3 nitrogen and oxygen atoms in total. The molecule has 1 aliphatic rings. The molecule has 0 atom stereocenters. The summed E-state index contributed by atoms with van der Waals surface area (Å²) in [6.07, 6.45) is 0.496. The van der Waals surface area contributed by atoms with Crippen LogP contribution in [0.4, 0.5) is 0 Å². The van der Waals surface area contributed by atoms with Crippen LogP contribution in [-0.2, 0) is 24.3 Å². The smallest absolute Gasteiger partial charge is 0.227 e. The Kier molecular flexibility index (Phi) is 2.67. The number of hydrogen-bond acceptors (Lipinski definition) is 2. The van der Waals surface area contributed by atoms with Crippen LogP contribution < -0.4 is 0 Å². The second-order valence-corrected chi connectivity index (χ2v) is 4.71. The van der Waals surface area contributed by atoms with Crippen molar-refractivity contribution in [2.45, 2.75) is 26.4 Å². The second kappa shape index (κ2) is 4.33. The molecule has 0 saturated carbocycles. The van der Waals surface area contributed by atoms with Crippen LogP contribution in [0.15, 0.2) is 40.8 Å². The van der Waals surface area contributed by atoms with Crippen molar-refractivity contribution in [3.05, 3.63) is 59.0 Å². The molecule has 1 aliphatic heterocycles. The molecule has 0 saturated heterocycles. The first-order valence-electron chi connectivity index (χ1n) is 6.12. The predicted octanol–water partition coefficient (Wildman–Crippen LogP) is 2.67. The number of carbonyl (C=O) groups excluding carboxylic acids is 1. The van der Waals surface area contributed by atoms with E-state index in [0.29, 0.717) is 19.5 Å². The summed E-state index contributed by atoms with van der Waals surface area (Å²) >= 11 is 0. The highest BCUT2D eigenvalue weighted by Gasteiger charge is 2.23. The molecule has 1 aromatic carbocycles. The molecule has 0 unspecified atom stereocenters. The molecule has 0 N–H and O–H groups in total. The molecule has 2 aromatic rings. The maximum Gasteiger partial charge on any atom is 0.227 e. The number of carbonyl (C=O) groups is 1. The SMILES string of the molecule is Cc1ccc(CN2Cc3ccccc3CC2=O)o1. The van der Waals surface area contributed by atoms with Crippen LogP contribution in [0.3, 0.4) is 0 Å². The van der Waals surface area contributed by atoms with E-state index in [0.717, 1.165) is 17.1 Å². The Bertz CT molecular complexity index is 586. The summed E-state index contributed by atoms with van der Waals surface area (Å²) in [5.41, 5.74) is 2.38. The van der Waals surface area contributed by atoms with Gasteiger partial charge in [-0.2, -0.15) is 0 Å². The van der Waals surface area contributed by atoms with Crippen molar-refractivity contribution >= 4 is 5.91 Å². The molecule has 0 fully saturated rings. The van der Waals surface area contributed by atoms with E-state index in [1.54, 1.807) is 0 Å². The lowest BCUT2D eigenvalue weighted by molar-refractivity contribution is -0.132. The first-order chi connectivity index (χ1) is 8.72. The molecular weight excluding hydrogens is 226 g/mol. The highest BCUT2D eigenvalue weighted by atomic mass is 16.3. The van der Waals surface area contributed by atoms with Crippen molar-refractivity contribution in [3.8, 4) is 0 Å². The zero-order chi connectivity index (χ0) is 12.5. The van der Waals surface area contributed by atoms with Gasteiger partial charge in [-0.15, -0.1) is 0 Å². The van der Waals surface area contributed by atoms with E-state index in [1.807, 2.05) is 42.2 Å². The third-order valence-electron chi connectivity index (χ3n) is 3.32. The summed E-state index contributed by atoms with van der Waals surface area (Å²) in [5, 5.41) is 0. The molecule has 3 heteroatoms. The second-order valence-electron chi connectivity index (χ2n) is 4.71. The predicted molar refractivity (Wildman–Crippen MR) is 67.8 cm³/mol. The van der Waals surface area contributed by atoms with Crippen molar-refractivity contribution in [1.82, 2.24) is 4.90 Å². The van der Waals surface area contributed by atoms with Crippen molar-refractivity contribution in [1.29, 1.82) is 0 Å². The number of aryl methyl sites for hydroxylation is 1. The number of nitrogens with zero attached hydrogens (tertiary/aromatic N) is 1. The minimum atomic E-state index is 0.169. The van der Waals surface area contributed by atoms with E-state index < -0.39 is 0 Å². The van der Waals surface area contributed by atoms with Gasteiger partial charge in [-0.3, -0.25) is 4.79 Å². The zero-order valence-electron chi connectivity index (χ0n) is 10.3. The number of amides is 1. The highest BCUT2D eigenvalue weighted by molar-refractivity contribution is 5.80. The standard InChI is InChI=1S/C15H15NO2/c1-11-6-7-14(18-11)10-16-9-13-5-3-2-4-12(13)8-15(16)17/h2-7H,8-10H2,1H3. The Labute approximate surface area is 106 Å². The van der Waals surface area contributed by atoms with E-state index >= 15 is 0 Å². The molecule has 0 aliphatic carbocycles. The van der Waals surface area contributed by atoms with Gasteiger partial charge in [-0.1, -0.05) is 24.3 Å². The van der Waals surface area contributed by atoms with Gasteiger partial charge in [0.15, 0.2) is 0 Å². The van der Waals surface area contributed by atoms with E-state index in [1.165, 1.54) is 5.56 Å². The van der Waals surface area contributed by atoms with Gasteiger partial charge in [0.25, 0.3) is 0 Å². The summed E-state index contributed by atoms with van der Waals surface area (Å²) in [6, 6.07) is 12.0. The van der Waals surface area contributed by atoms with E-state index in [2.05, 4.69) is 6.07 Å².